The Bertz CT molecular complexity index is 1240. The number of nitrogens with zero attached hydrogens (tertiary/aromatic N) is 3. The zero-order valence-corrected chi connectivity index (χ0v) is 15.7. The lowest BCUT2D eigenvalue weighted by Gasteiger charge is -2.05. The van der Waals surface area contributed by atoms with Crippen LogP contribution >= 0.6 is 11.3 Å². The van der Waals surface area contributed by atoms with E-state index in [1.54, 1.807) is 17.5 Å². The summed E-state index contributed by atoms with van der Waals surface area (Å²) in [7, 11) is 0. The lowest BCUT2D eigenvalue weighted by molar-refractivity contribution is 0.827. The van der Waals surface area contributed by atoms with Crippen molar-refractivity contribution in [1.29, 1.82) is 0 Å². The molecule has 132 valence electrons. The van der Waals surface area contributed by atoms with Gasteiger partial charge in [0.2, 0.25) is 0 Å². The normalized spacial score (nSPS) is 11.3. The molecule has 0 aliphatic heterocycles. The Labute approximate surface area is 161 Å². The third-order valence-corrected chi connectivity index (χ3v) is 5.56. The maximum Gasteiger partial charge on any atom is 0.187 e. The molecular weight excluding hydrogens is 352 g/mol. The Morgan fingerprint density at radius 1 is 1.00 bits per heavy atom. The van der Waals surface area contributed by atoms with Crippen molar-refractivity contribution in [3.05, 3.63) is 72.4 Å². The molecule has 3 aromatic heterocycles. The Kier molecular flexibility index (Phi) is 3.87. The maximum atomic E-state index is 4.70. The molecule has 2 aromatic carbocycles. The van der Waals surface area contributed by atoms with Crippen molar-refractivity contribution >= 4 is 44.0 Å². The molecule has 0 saturated carbocycles. The fourth-order valence-corrected chi connectivity index (χ4v) is 4.31. The van der Waals surface area contributed by atoms with E-state index in [0.717, 1.165) is 28.6 Å². The van der Waals surface area contributed by atoms with Gasteiger partial charge < -0.3 is 9.88 Å². The highest BCUT2D eigenvalue weighted by Crippen LogP contribution is 2.33. The molecule has 5 aromatic rings. The molecule has 0 saturated heterocycles. The minimum atomic E-state index is 0.882. The lowest BCUT2D eigenvalue weighted by Crippen LogP contribution is -1.93. The van der Waals surface area contributed by atoms with Crippen LogP contribution in [0.3, 0.4) is 0 Å². The van der Waals surface area contributed by atoms with Crippen molar-refractivity contribution in [2.45, 2.75) is 13.5 Å². The maximum absolute atomic E-state index is 4.70. The van der Waals surface area contributed by atoms with Crippen molar-refractivity contribution in [1.82, 2.24) is 14.5 Å². The van der Waals surface area contributed by atoms with E-state index >= 15 is 0 Å². The van der Waals surface area contributed by atoms with Gasteiger partial charge in [0.25, 0.3) is 0 Å². The van der Waals surface area contributed by atoms with E-state index in [2.05, 4.69) is 69.6 Å². The number of aryl methyl sites for hydroxylation is 1. The zero-order chi connectivity index (χ0) is 18.2. The summed E-state index contributed by atoms with van der Waals surface area (Å²) in [6, 6.07) is 19.1. The second-order valence-corrected chi connectivity index (χ2v) is 7.26. The van der Waals surface area contributed by atoms with E-state index in [4.69, 9.17) is 4.98 Å². The number of anilines is 2. The largest absolute Gasteiger partial charge is 0.341 e. The van der Waals surface area contributed by atoms with Gasteiger partial charge in [-0.25, -0.2) is 4.98 Å². The van der Waals surface area contributed by atoms with Crippen molar-refractivity contribution in [3.63, 3.8) is 0 Å². The predicted octanol–water partition coefficient (Wildman–Crippen LogP) is 6.08. The van der Waals surface area contributed by atoms with Gasteiger partial charge in [-0.2, -0.15) is 0 Å². The molecule has 5 rings (SSSR count). The van der Waals surface area contributed by atoms with E-state index in [0.29, 0.717) is 0 Å². The zero-order valence-electron chi connectivity index (χ0n) is 14.9. The lowest BCUT2D eigenvalue weighted by atomic mass is 10.1. The molecular formula is C22H18N4S. The first-order valence-corrected chi connectivity index (χ1v) is 9.85. The molecule has 0 atom stereocenters. The molecule has 0 unspecified atom stereocenters. The van der Waals surface area contributed by atoms with Crippen molar-refractivity contribution in [2.75, 3.05) is 5.32 Å². The van der Waals surface area contributed by atoms with Crippen molar-refractivity contribution < 1.29 is 0 Å². The summed E-state index contributed by atoms with van der Waals surface area (Å²) in [4.78, 5) is 8.87. The number of para-hydroxylation sites is 1. The SMILES string of the molecule is CCn1c2ccccc2c2cc(Nc3nc(-c4cccnc4)cs3)ccc21. The summed E-state index contributed by atoms with van der Waals surface area (Å²) in [5, 5.41) is 8.94. The first-order valence-electron chi connectivity index (χ1n) is 8.97. The van der Waals surface area contributed by atoms with Gasteiger partial charge in [0.15, 0.2) is 5.13 Å². The minimum Gasteiger partial charge on any atom is -0.341 e. The molecule has 0 aliphatic carbocycles. The molecule has 27 heavy (non-hydrogen) atoms. The number of nitrogens with one attached hydrogen (secondary N) is 1. The molecule has 0 radical (unpaired) electrons. The van der Waals surface area contributed by atoms with Gasteiger partial charge in [-0.1, -0.05) is 18.2 Å². The molecule has 0 bridgehead atoms. The average Bonchev–Trinajstić information content (AvgIpc) is 3.31. The number of hydrogen-bond donors (Lipinski definition) is 1. The number of thiazole rings is 1. The smallest absolute Gasteiger partial charge is 0.187 e. The van der Waals surface area contributed by atoms with Crippen LogP contribution in [0.4, 0.5) is 10.8 Å². The molecule has 3 heterocycles. The summed E-state index contributed by atoms with van der Waals surface area (Å²) in [6.07, 6.45) is 3.61. The summed E-state index contributed by atoms with van der Waals surface area (Å²) in [5.74, 6) is 0. The van der Waals surface area contributed by atoms with Crippen molar-refractivity contribution in [3.8, 4) is 11.3 Å². The van der Waals surface area contributed by atoms with Gasteiger partial charge in [-0.15, -0.1) is 11.3 Å². The van der Waals surface area contributed by atoms with Gasteiger partial charge in [0.05, 0.1) is 5.69 Å². The predicted molar refractivity (Wildman–Crippen MR) is 114 cm³/mol. The quantitative estimate of drug-likeness (QED) is 0.417. The van der Waals surface area contributed by atoms with Gasteiger partial charge in [0.1, 0.15) is 0 Å². The van der Waals surface area contributed by atoms with Crippen LogP contribution in [0, 0.1) is 0 Å². The number of pyridine rings is 1. The molecule has 5 heteroatoms. The Morgan fingerprint density at radius 2 is 1.89 bits per heavy atom. The van der Waals surface area contributed by atoms with Crippen LogP contribution in [-0.2, 0) is 6.54 Å². The van der Waals surface area contributed by atoms with Crippen LogP contribution in [-0.4, -0.2) is 14.5 Å². The number of aromatic nitrogens is 3. The van der Waals surface area contributed by atoms with Crippen LogP contribution in [0.1, 0.15) is 6.92 Å². The van der Waals surface area contributed by atoms with Crippen LogP contribution in [0.5, 0.6) is 0 Å². The highest BCUT2D eigenvalue weighted by molar-refractivity contribution is 7.14. The van der Waals surface area contributed by atoms with E-state index in [1.165, 1.54) is 21.8 Å². The van der Waals surface area contributed by atoms with E-state index in [1.807, 2.05) is 18.3 Å². The third kappa shape index (κ3) is 2.76. The third-order valence-electron chi connectivity index (χ3n) is 4.80. The monoisotopic (exact) mass is 370 g/mol. The van der Waals surface area contributed by atoms with Crippen LogP contribution < -0.4 is 5.32 Å². The van der Waals surface area contributed by atoms with Crippen LogP contribution in [0.2, 0.25) is 0 Å². The van der Waals surface area contributed by atoms with Crippen LogP contribution in [0.15, 0.2) is 72.4 Å². The highest BCUT2D eigenvalue weighted by Gasteiger charge is 2.10. The first kappa shape index (κ1) is 16.0. The van der Waals surface area contributed by atoms with E-state index in [-0.39, 0.29) is 0 Å². The highest BCUT2D eigenvalue weighted by atomic mass is 32.1. The fraction of sp³-hybridized carbons (Fsp3) is 0.0909. The number of hydrogen-bond acceptors (Lipinski definition) is 4. The van der Waals surface area contributed by atoms with E-state index < -0.39 is 0 Å². The topological polar surface area (TPSA) is 42.7 Å². The molecule has 0 spiro atoms. The number of rotatable bonds is 4. The first-order chi connectivity index (χ1) is 13.3. The number of fused-ring (bicyclic) bond motifs is 3. The second-order valence-electron chi connectivity index (χ2n) is 6.40. The molecule has 1 N–H and O–H groups in total. The Balaban J connectivity index is 1.53. The van der Waals surface area contributed by atoms with E-state index in [9.17, 15) is 0 Å². The second kappa shape index (κ2) is 6.52. The van der Waals surface area contributed by atoms with Gasteiger partial charge in [0, 0.05) is 57.4 Å². The van der Waals surface area contributed by atoms with Gasteiger partial charge in [-0.05, 0) is 43.3 Å². The van der Waals surface area contributed by atoms with Crippen molar-refractivity contribution in [2.24, 2.45) is 0 Å². The fourth-order valence-electron chi connectivity index (χ4n) is 3.57. The average molecular weight is 370 g/mol. The standard InChI is InChI=1S/C22H18N4S/c1-2-26-20-8-4-3-7-17(20)18-12-16(9-10-21(18)26)24-22-25-19(14-27-22)15-6-5-11-23-13-15/h3-14H,2H2,1H3,(H,24,25). The minimum absolute atomic E-state index is 0.882. The van der Waals surface area contributed by atoms with Gasteiger partial charge in [-0.3, -0.25) is 4.98 Å². The Hall–Kier alpha value is -3.18. The molecule has 0 aliphatic rings. The Morgan fingerprint density at radius 3 is 2.74 bits per heavy atom. The van der Waals surface area contributed by atoms with Gasteiger partial charge >= 0.3 is 0 Å². The number of benzene rings is 2. The molecule has 4 nitrogen and oxygen atoms in total. The molecule has 0 fully saturated rings. The molecule has 0 amide bonds. The summed E-state index contributed by atoms with van der Waals surface area (Å²) < 4.78 is 2.36. The summed E-state index contributed by atoms with van der Waals surface area (Å²) in [6.45, 7) is 3.14. The summed E-state index contributed by atoms with van der Waals surface area (Å²) >= 11 is 1.60. The van der Waals surface area contributed by atoms with Crippen LogP contribution in [0.25, 0.3) is 33.1 Å². The summed E-state index contributed by atoms with van der Waals surface area (Å²) in [5.41, 5.74) is 5.57.